The van der Waals surface area contributed by atoms with Crippen LogP contribution in [0.3, 0.4) is 0 Å². The van der Waals surface area contributed by atoms with Gasteiger partial charge in [-0.1, -0.05) is 13.8 Å². The van der Waals surface area contributed by atoms with Crippen LogP contribution in [-0.4, -0.2) is 30.1 Å². The molecule has 0 aliphatic carbocycles. The number of aromatic nitrogens is 2. The number of carbonyl (C=O) groups is 1. The Balaban J connectivity index is 2.12. The van der Waals surface area contributed by atoms with Crippen LogP contribution in [0.2, 0.25) is 0 Å². The largest absolute Gasteiger partial charge is 0.357 e. The molecule has 0 atom stereocenters. The van der Waals surface area contributed by atoms with Gasteiger partial charge in [-0.05, 0) is 35.7 Å². The molecule has 1 aliphatic heterocycles. The summed E-state index contributed by atoms with van der Waals surface area (Å²) in [6.45, 7) is 3.71. The van der Waals surface area contributed by atoms with Gasteiger partial charge in [0.25, 0.3) is 5.56 Å². The minimum atomic E-state index is -3.50. The first-order chi connectivity index (χ1) is 13.0. The van der Waals surface area contributed by atoms with E-state index in [2.05, 4.69) is 10.3 Å². The molecule has 2 aromatic heterocycles. The number of aromatic amines is 1. The van der Waals surface area contributed by atoms with Crippen LogP contribution in [0, 0.1) is 5.41 Å². The summed E-state index contributed by atoms with van der Waals surface area (Å²) in [5, 5.41) is 3.57. The Morgan fingerprint density at radius 1 is 1.14 bits per heavy atom. The van der Waals surface area contributed by atoms with Gasteiger partial charge in [0, 0.05) is 47.7 Å². The van der Waals surface area contributed by atoms with Crippen molar-refractivity contribution in [2.75, 3.05) is 11.6 Å². The SMILES string of the molecule is Cn1cc(-c2cc(S(C)(=O)=O)cc3c2CC(C)(C)C(=O)N3)c2cc[nH]c2c1=O. The molecule has 146 valence electrons. The Bertz CT molecular complexity index is 1310. The van der Waals surface area contributed by atoms with Crippen molar-refractivity contribution in [1.82, 2.24) is 9.55 Å². The van der Waals surface area contributed by atoms with Gasteiger partial charge >= 0.3 is 0 Å². The summed E-state index contributed by atoms with van der Waals surface area (Å²) in [7, 11) is -1.84. The lowest BCUT2D eigenvalue weighted by Gasteiger charge is -2.32. The molecule has 0 unspecified atom stereocenters. The van der Waals surface area contributed by atoms with E-state index in [1.165, 1.54) is 10.6 Å². The lowest BCUT2D eigenvalue weighted by Crippen LogP contribution is -2.37. The van der Waals surface area contributed by atoms with Crippen molar-refractivity contribution >= 4 is 32.3 Å². The average molecular weight is 399 g/mol. The third-order valence-electron chi connectivity index (χ3n) is 5.32. The number of fused-ring (bicyclic) bond motifs is 2. The molecule has 8 heteroatoms. The third-order valence-corrected chi connectivity index (χ3v) is 6.41. The van der Waals surface area contributed by atoms with E-state index in [1.807, 2.05) is 13.8 Å². The van der Waals surface area contributed by atoms with Crippen LogP contribution < -0.4 is 10.9 Å². The fourth-order valence-electron chi connectivity index (χ4n) is 3.70. The molecule has 1 aromatic carbocycles. The summed E-state index contributed by atoms with van der Waals surface area (Å²) in [4.78, 5) is 27.9. The second-order valence-electron chi connectivity index (χ2n) is 8.01. The summed E-state index contributed by atoms with van der Waals surface area (Å²) >= 11 is 0. The number of carbonyl (C=O) groups excluding carboxylic acids is 1. The van der Waals surface area contributed by atoms with Gasteiger partial charge in [0.15, 0.2) is 9.84 Å². The van der Waals surface area contributed by atoms with Gasteiger partial charge in [-0.25, -0.2) is 8.42 Å². The number of aryl methyl sites for hydroxylation is 1. The van der Waals surface area contributed by atoms with E-state index < -0.39 is 15.3 Å². The van der Waals surface area contributed by atoms with Crippen molar-refractivity contribution < 1.29 is 13.2 Å². The Kier molecular flexibility index (Phi) is 3.84. The van der Waals surface area contributed by atoms with Crippen LogP contribution in [0.15, 0.2) is 40.3 Å². The molecule has 7 nitrogen and oxygen atoms in total. The van der Waals surface area contributed by atoms with E-state index in [0.717, 1.165) is 17.4 Å². The number of H-pyrrole nitrogens is 1. The quantitative estimate of drug-likeness (QED) is 0.691. The number of hydrogen-bond donors (Lipinski definition) is 2. The molecule has 0 fully saturated rings. The predicted molar refractivity (Wildman–Crippen MR) is 108 cm³/mol. The molecule has 28 heavy (non-hydrogen) atoms. The zero-order valence-electron chi connectivity index (χ0n) is 16.1. The first-order valence-corrected chi connectivity index (χ1v) is 10.7. The van der Waals surface area contributed by atoms with Gasteiger partial charge in [-0.2, -0.15) is 0 Å². The summed E-state index contributed by atoms with van der Waals surface area (Å²) in [5.41, 5.74) is 2.46. The summed E-state index contributed by atoms with van der Waals surface area (Å²) < 4.78 is 26.0. The molecule has 1 aliphatic rings. The lowest BCUT2D eigenvalue weighted by molar-refractivity contribution is -0.124. The van der Waals surface area contributed by atoms with Crippen LogP contribution in [-0.2, 0) is 28.1 Å². The van der Waals surface area contributed by atoms with Crippen LogP contribution in [0.5, 0.6) is 0 Å². The molecule has 0 bridgehead atoms. The number of pyridine rings is 1. The maximum Gasteiger partial charge on any atom is 0.274 e. The maximum atomic E-state index is 12.4. The average Bonchev–Trinajstić information content (AvgIpc) is 3.07. The number of hydrogen-bond acceptors (Lipinski definition) is 4. The van der Waals surface area contributed by atoms with E-state index in [9.17, 15) is 18.0 Å². The number of benzene rings is 1. The van der Waals surface area contributed by atoms with Crippen LogP contribution in [0.4, 0.5) is 5.69 Å². The van der Waals surface area contributed by atoms with Crippen LogP contribution in [0.25, 0.3) is 22.0 Å². The predicted octanol–water partition coefficient (Wildman–Crippen LogP) is 2.46. The van der Waals surface area contributed by atoms with Gasteiger partial charge in [-0.15, -0.1) is 0 Å². The highest BCUT2D eigenvalue weighted by Gasteiger charge is 2.36. The standard InChI is InChI=1S/C20H21N3O4S/c1-20(2)9-14-13(7-11(28(4,26)27)8-16(14)22-19(20)25)15-10-23(3)18(24)17-12(15)5-6-21-17/h5-8,10,21H,9H2,1-4H3,(H,22,25). The van der Waals surface area contributed by atoms with Crippen molar-refractivity contribution in [3.05, 3.63) is 46.5 Å². The first-order valence-electron chi connectivity index (χ1n) is 8.84. The molecule has 1 amide bonds. The molecule has 3 heterocycles. The van der Waals surface area contributed by atoms with Gasteiger partial charge in [0.1, 0.15) is 5.52 Å². The van der Waals surface area contributed by atoms with Crippen molar-refractivity contribution in [2.45, 2.75) is 25.2 Å². The van der Waals surface area contributed by atoms with Gasteiger partial charge in [0.2, 0.25) is 5.91 Å². The molecule has 3 aromatic rings. The Morgan fingerprint density at radius 3 is 2.54 bits per heavy atom. The van der Waals surface area contributed by atoms with Crippen molar-refractivity contribution in [3.8, 4) is 11.1 Å². The van der Waals surface area contributed by atoms with Crippen molar-refractivity contribution in [2.24, 2.45) is 12.5 Å². The highest BCUT2D eigenvalue weighted by molar-refractivity contribution is 7.90. The van der Waals surface area contributed by atoms with E-state index >= 15 is 0 Å². The molecular weight excluding hydrogens is 378 g/mol. The minimum Gasteiger partial charge on any atom is -0.357 e. The first kappa shape index (κ1) is 18.5. The summed E-state index contributed by atoms with van der Waals surface area (Å²) in [6.07, 6.45) is 5.00. The monoisotopic (exact) mass is 399 g/mol. The molecule has 0 spiro atoms. The minimum absolute atomic E-state index is 0.124. The maximum absolute atomic E-state index is 12.4. The second kappa shape index (κ2) is 5.81. The number of anilines is 1. The zero-order valence-corrected chi connectivity index (χ0v) is 16.9. The molecule has 0 saturated carbocycles. The molecule has 0 saturated heterocycles. The number of nitrogens with zero attached hydrogens (tertiary/aromatic N) is 1. The van der Waals surface area contributed by atoms with Gasteiger partial charge in [-0.3, -0.25) is 9.59 Å². The Morgan fingerprint density at radius 2 is 1.86 bits per heavy atom. The van der Waals surface area contributed by atoms with Crippen molar-refractivity contribution in [1.29, 1.82) is 0 Å². The van der Waals surface area contributed by atoms with Gasteiger partial charge < -0.3 is 14.9 Å². The van der Waals surface area contributed by atoms with Crippen molar-refractivity contribution in [3.63, 3.8) is 0 Å². The number of amides is 1. The Labute approximate surface area is 162 Å². The number of nitrogens with one attached hydrogen (secondary N) is 2. The zero-order chi connectivity index (χ0) is 20.4. The van der Waals surface area contributed by atoms with E-state index in [1.54, 1.807) is 31.6 Å². The summed E-state index contributed by atoms with van der Waals surface area (Å²) in [6, 6.07) is 4.95. The van der Waals surface area contributed by atoms with E-state index in [0.29, 0.717) is 28.6 Å². The highest BCUT2D eigenvalue weighted by atomic mass is 32.2. The fourth-order valence-corrected chi connectivity index (χ4v) is 4.36. The fraction of sp³-hybridized carbons (Fsp3) is 0.300. The number of rotatable bonds is 2. The molecule has 0 radical (unpaired) electrons. The lowest BCUT2D eigenvalue weighted by atomic mass is 9.78. The Hall–Kier alpha value is -2.87. The normalized spacial score (nSPS) is 16.1. The summed E-state index contributed by atoms with van der Waals surface area (Å²) in [5.74, 6) is -0.149. The second-order valence-corrected chi connectivity index (χ2v) is 10.0. The molecule has 2 N–H and O–H groups in total. The molecular formula is C20H21N3O4S. The van der Waals surface area contributed by atoms with Crippen LogP contribution in [0.1, 0.15) is 19.4 Å². The van der Waals surface area contributed by atoms with E-state index in [-0.39, 0.29) is 16.4 Å². The molecule has 4 rings (SSSR count). The third kappa shape index (κ3) is 2.75. The van der Waals surface area contributed by atoms with Gasteiger partial charge in [0.05, 0.1) is 4.90 Å². The smallest absolute Gasteiger partial charge is 0.274 e. The number of sulfone groups is 1. The van der Waals surface area contributed by atoms with E-state index in [4.69, 9.17) is 0 Å². The topological polar surface area (TPSA) is 101 Å². The van der Waals surface area contributed by atoms with Crippen LogP contribution >= 0.6 is 0 Å². The highest BCUT2D eigenvalue weighted by Crippen LogP contribution is 2.42.